The van der Waals surface area contributed by atoms with E-state index in [9.17, 15) is 0 Å². The molecule has 0 amide bonds. The van der Waals surface area contributed by atoms with Crippen molar-refractivity contribution in [2.45, 2.75) is 13.3 Å². The number of nitrogens with zero attached hydrogens (tertiary/aromatic N) is 4. The quantitative estimate of drug-likeness (QED) is 0.481. The maximum absolute atomic E-state index is 5.64. The Hall–Kier alpha value is -2.70. The number of nitrogens with two attached hydrogens (primary N) is 2. The van der Waals surface area contributed by atoms with Crippen LogP contribution in [0, 0.1) is 0 Å². The fraction of sp³-hybridized carbons (Fsp3) is 0.167. The third-order valence-electron chi connectivity index (χ3n) is 2.52. The van der Waals surface area contributed by atoms with Gasteiger partial charge in [-0.1, -0.05) is 31.2 Å². The van der Waals surface area contributed by atoms with Crippen LogP contribution in [0.15, 0.2) is 39.1 Å². The van der Waals surface area contributed by atoms with Gasteiger partial charge in [-0.2, -0.15) is 5.10 Å². The topological polar surface area (TPSA) is 116 Å². The average molecular weight is 258 g/mol. The van der Waals surface area contributed by atoms with Crippen molar-refractivity contribution in [1.29, 1.82) is 0 Å². The van der Waals surface area contributed by atoms with Gasteiger partial charge >= 0.3 is 0 Å². The molecule has 4 N–H and O–H groups in total. The molecule has 0 atom stereocenters. The predicted octanol–water partition coefficient (Wildman–Crippen LogP) is 0.954. The zero-order valence-corrected chi connectivity index (χ0v) is 10.4. The van der Waals surface area contributed by atoms with Crippen LogP contribution >= 0.6 is 0 Å². The summed E-state index contributed by atoms with van der Waals surface area (Å²) in [4.78, 5) is 0. The smallest absolute Gasteiger partial charge is 0.199 e. The van der Waals surface area contributed by atoms with Crippen LogP contribution in [0.1, 0.15) is 23.7 Å². The number of anilines is 1. The van der Waals surface area contributed by atoms with Crippen LogP contribution in [0.4, 0.5) is 5.82 Å². The van der Waals surface area contributed by atoms with Crippen molar-refractivity contribution in [1.82, 2.24) is 10.3 Å². The van der Waals surface area contributed by atoms with E-state index in [1.807, 2.05) is 24.3 Å². The van der Waals surface area contributed by atoms with Gasteiger partial charge in [-0.15, -0.1) is 5.10 Å². The number of amidine groups is 1. The normalized spacial score (nSPS) is 12.2. The molecule has 0 radical (unpaired) electrons. The van der Waals surface area contributed by atoms with Crippen LogP contribution in [-0.2, 0) is 6.42 Å². The van der Waals surface area contributed by atoms with Gasteiger partial charge in [0.05, 0.1) is 6.21 Å². The number of hydrogen-bond acceptors (Lipinski definition) is 6. The Morgan fingerprint density at radius 3 is 2.63 bits per heavy atom. The molecule has 1 aromatic heterocycles. The van der Waals surface area contributed by atoms with E-state index in [0.29, 0.717) is 0 Å². The molecule has 98 valence electrons. The van der Waals surface area contributed by atoms with Crippen molar-refractivity contribution in [2.24, 2.45) is 15.9 Å². The molecule has 0 fully saturated rings. The van der Waals surface area contributed by atoms with E-state index in [1.165, 1.54) is 5.56 Å². The maximum atomic E-state index is 5.64. The highest BCUT2D eigenvalue weighted by molar-refractivity contribution is 5.99. The van der Waals surface area contributed by atoms with E-state index in [-0.39, 0.29) is 17.3 Å². The first-order chi connectivity index (χ1) is 9.20. The monoisotopic (exact) mass is 258 g/mol. The van der Waals surface area contributed by atoms with Crippen LogP contribution in [0.3, 0.4) is 0 Å². The highest BCUT2D eigenvalue weighted by Gasteiger charge is 2.09. The number of rotatable bonds is 4. The molecule has 0 aliphatic carbocycles. The van der Waals surface area contributed by atoms with Crippen molar-refractivity contribution in [3.8, 4) is 0 Å². The van der Waals surface area contributed by atoms with Crippen molar-refractivity contribution in [3.63, 3.8) is 0 Å². The second-order valence-corrected chi connectivity index (χ2v) is 3.82. The molecule has 0 saturated carbocycles. The molecule has 0 saturated heterocycles. The van der Waals surface area contributed by atoms with Crippen molar-refractivity contribution in [3.05, 3.63) is 41.1 Å². The Morgan fingerprint density at radius 1 is 1.32 bits per heavy atom. The summed E-state index contributed by atoms with van der Waals surface area (Å²) in [5.74, 6) is 0.143. The maximum Gasteiger partial charge on any atom is 0.199 e. The number of benzene rings is 1. The molecule has 2 aromatic rings. The minimum absolute atomic E-state index is 0.0557. The molecule has 0 aliphatic rings. The van der Waals surface area contributed by atoms with Gasteiger partial charge in [-0.05, 0) is 27.9 Å². The molecule has 1 aromatic carbocycles. The van der Waals surface area contributed by atoms with Crippen molar-refractivity contribution >= 4 is 17.9 Å². The second kappa shape index (κ2) is 5.76. The van der Waals surface area contributed by atoms with Crippen LogP contribution < -0.4 is 11.5 Å². The molecule has 0 unspecified atom stereocenters. The Morgan fingerprint density at radius 2 is 2.05 bits per heavy atom. The Kier molecular flexibility index (Phi) is 3.87. The van der Waals surface area contributed by atoms with Gasteiger partial charge in [-0.3, -0.25) is 0 Å². The van der Waals surface area contributed by atoms with Crippen LogP contribution in [0.2, 0.25) is 0 Å². The molecule has 0 aliphatic heterocycles. The van der Waals surface area contributed by atoms with Gasteiger partial charge < -0.3 is 11.5 Å². The standard InChI is InChI=1S/C12H14N6O/c1-2-8-3-5-9(6-4-8)7-15-16-11(13)10-12(14)18-19-17-10/h3-7H,2H2,1H3,(H2,13,16)(H2,14,18). The highest BCUT2D eigenvalue weighted by Crippen LogP contribution is 2.04. The Balaban J connectivity index is 2.08. The summed E-state index contributed by atoms with van der Waals surface area (Å²) in [6, 6.07) is 7.99. The van der Waals surface area contributed by atoms with E-state index >= 15 is 0 Å². The number of aryl methyl sites for hydroxylation is 1. The van der Waals surface area contributed by atoms with E-state index < -0.39 is 0 Å². The number of hydrogen-bond donors (Lipinski definition) is 2. The van der Waals surface area contributed by atoms with Gasteiger partial charge in [0.1, 0.15) is 0 Å². The minimum Gasteiger partial charge on any atom is -0.380 e. The predicted molar refractivity (Wildman–Crippen MR) is 72.8 cm³/mol. The Bertz CT molecular complexity index is 599. The summed E-state index contributed by atoms with van der Waals surface area (Å²) in [7, 11) is 0. The zero-order chi connectivity index (χ0) is 13.7. The number of nitrogen functional groups attached to an aromatic ring is 1. The summed E-state index contributed by atoms with van der Waals surface area (Å²) in [6.45, 7) is 2.10. The fourth-order valence-electron chi connectivity index (χ4n) is 1.42. The van der Waals surface area contributed by atoms with E-state index in [1.54, 1.807) is 6.21 Å². The molecule has 0 bridgehead atoms. The Labute approximate surface area is 110 Å². The lowest BCUT2D eigenvalue weighted by atomic mass is 10.1. The van der Waals surface area contributed by atoms with Gasteiger partial charge in [0.25, 0.3) is 0 Å². The minimum atomic E-state index is 0.0557. The van der Waals surface area contributed by atoms with E-state index in [2.05, 4.69) is 32.1 Å². The summed E-state index contributed by atoms with van der Waals surface area (Å²) in [5, 5.41) is 14.6. The molecule has 19 heavy (non-hydrogen) atoms. The van der Waals surface area contributed by atoms with Crippen LogP contribution in [0.5, 0.6) is 0 Å². The van der Waals surface area contributed by atoms with Gasteiger partial charge in [-0.25, -0.2) is 4.63 Å². The summed E-state index contributed by atoms with van der Waals surface area (Å²) in [6.07, 6.45) is 2.59. The number of aromatic nitrogens is 2. The first-order valence-corrected chi connectivity index (χ1v) is 5.74. The third kappa shape index (κ3) is 3.15. The lowest BCUT2D eigenvalue weighted by Crippen LogP contribution is -2.15. The molecular formula is C12H14N6O. The molecule has 0 spiro atoms. The largest absolute Gasteiger partial charge is 0.380 e. The summed E-state index contributed by atoms with van der Waals surface area (Å²) >= 11 is 0. The van der Waals surface area contributed by atoms with Crippen molar-refractivity contribution < 1.29 is 4.63 Å². The third-order valence-corrected chi connectivity index (χ3v) is 2.52. The second-order valence-electron chi connectivity index (χ2n) is 3.82. The van der Waals surface area contributed by atoms with Gasteiger partial charge in [0.2, 0.25) is 0 Å². The molecular weight excluding hydrogens is 244 g/mol. The molecule has 2 rings (SSSR count). The average Bonchev–Trinajstić information content (AvgIpc) is 2.86. The molecule has 1 heterocycles. The molecule has 7 nitrogen and oxygen atoms in total. The summed E-state index contributed by atoms with van der Waals surface area (Å²) < 4.78 is 4.42. The highest BCUT2D eigenvalue weighted by atomic mass is 16.6. The fourth-order valence-corrected chi connectivity index (χ4v) is 1.42. The van der Waals surface area contributed by atoms with Gasteiger partial charge in [0.15, 0.2) is 17.3 Å². The van der Waals surface area contributed by atoms with Crippen LogP contribution in [-0.4, -0.2) is 22.4 Å². The zero-order valence-electron chi connectivity index (χ0n) is 10.4. The van der Waals surface area contributed by atoms with Gasteiger partial charge in [0, 0.05) is 0 Å². The molecule has 7 heteroatoms. The first-order valence-electron chi connectivity index (χ1n) is 5.74. The SMILES string of the molecule is CCc1ccc(C=NN=C(N)c2nonc2N)cc1. The first kappa shape index (κ1) is 12.7. The van der Waals surface area contributed by atoms with Crippen LogP contribution in [0.25, 0.3) is 0 Å². The van der Waals surface area contributed by atoms with E-state index in [4.69, 9.17) is 11.5 Å². The lowest BCUT2D eigenvalue weighted by Gasteiger charge is -1.96. The summed E-state index contributed by atoms with van der Waals surface area (Å²) in [5.41, 5.74) is 13.5. The van der Waals surface area contributed by atoms with Crippen molar-refractivity contribution in [2.75, 3.05) is 5.73 Å². The lowest BCUT2D eigenvalue weighted by molar-refractivity contribution is 0.308. The van der Waals surface area contributed by atoms with E-state index in [0.717, 1.165) is 12.0 Å².